The minimum atomic E-state index is 0.0740. The van der Waals surface area contributed by atoms with E-state index in [0.717, 1.165) is 24.5 Å². The largest absolute Gasteiger partial charge is 0.546 e. The predicted molar refractivity (Wildman–Crippen MR) is 66.0 cm³/mol. The SMILES string of the molecule is CCCOc1ccc2c(c1)C(C)NB(C)O2. The normalized spacial score (nSPS) is 18.9. The van der Waals surface area contributed by atoms with Crippen LogP contribution in [0.1, 0.15) is 31.9 Å². The zero-order valence-corrected chi connectivity index (χ0v) is 10.1. The van der Waals surface area contributed by atoms with E-state index in [-0.39, 0.29) is 7.05 Å². The van der Waals surface area contributed by atoms with Crippen LogP contribution in [0.2, 0.25) is 6.82 Å². The second-order valence-electron chi connectivity index (χ2n) is 4.20. The molecule has 1 atom stereocenters. The van der Waals surface area contributed by atoms with Crippen LogP contribution in [-0.4, -0.2) is 13.7 Å². The van der Waals surface area contributed by atoms with Crippen molar-refractivity contribution in [3.8, 4) is 11.5 Å². The fourth-order valence-corrected chi connectivity index (χ4v) is 1.95. The van der Waals surface area contributed by atoms with Gasteiger partial charge in [-0.05, 0) is 38.4 Å². The predicted octanol–water partition coefficient (Wildman–Crippen LogP) is 2.64. The highest BCUT2D eigenvalue weighted by molar-refractivity contribution is 6.48. The molecule has 0 bridgehead atoms. The van der Waals surface area contributed by atoms with E-state index in [2.05, 4.69) is 25.1 Å². The Hall–Kier alpha value is -1.16. The lowest BCUT2D eigenvalue weighted by atomic mass is 9.82. The first kappa shape index (κ1) is 11.3. The molecule has 0 spiro atoms. The summed E-state index contributed by atoms with van der Waals surface area (Å²) in [5.74, 6) is 1.88. The van der Waals surface area contributed by atoms with Crippen LogP contribution in [0, 0.1) is 0 Å². The summed E-state index contributed by atoms with van der Waals surface area (Å²) in [5.41, 5.74) is 1.17. The number of hydrogen-bond donors (Lipinski definition) is 1. The van der Waals surface area contributed by atoms with Gasteiger partial charge in [-0.3, -0.25) is 0 Å². The molecule has 86 valence electrons. The lowest BCUT2D eigenvalue weighted by Crippen LogP contribution is -2.42. The molecule has 1 heterocycles. The summed E-state index contributed by atoms with van der Waals surface area (Å²) in [4.78, 5) is 0. The molecule has 0 radical (unpaired) electrons. The van der Waals surface area contributed by atoms with Crippen molar-refractivity contribution in [3.63, 3.8) is 0 Å². The summed E-state index contributed by atoms with van der Waals surface area (Å²) >= 11 is 0. The Morgan fingerprint density at radius 1 is 1.50 bits per heavy atom. The van der Waals surface area contributed by atoms with Crippen molar-refractivity contribution in [2.75, 3.05) is 6.61 Å². The first-order chi connectivity index (χ1) is 7.70. The Kier molecular flexibility index (Phi) is 3.39. The highest BCUT2D eigenvalue weighted by Gasteiger charge is 2.25. The van der Waals surface area contributed by atoms with Crippen LogP contribution >= 0.6 is 0 Å². The minimum Gasteiger partial charge on any atom is -0.546 e. The second kappa shape index (κ2) is 4.79. The summed E-state index contributed by atoms with van der Waals surface area (Å²) in [5, 5.41) is 3.34. The highest BCUT2D eigenvalue weighted by Crippen LogP contribution is 2.32. The van der Waals surface area contributed by atoms with Crippen LogP contribution in [0.3, 0.4) is 0 Å². The van der Waals surface area contributed by atoms with Crippen LogP contribution in [0.5, 0.6) is 11.5 Å². The van der Waals surface area contributed by atoms with Gasteiger partial charge < -0.3 is 14.6 Å². The first-order valence-electron chi connectivity index (χ1n) is 5.90. The Morgan fingerprint density at radius 3 is 3.06 bits per heavy atom. The minimum absolute atomic E-state index is 0.0740. The van der Waals surface area contributed by atoms with Gasteiger partial charge in [-0.15, -0.1) is 0 Å². The van der Waals surface area contributed by atoms with Gasteiger partial charge in [-0.1, -0.05) is 6.92 Å². The molecular weight excluding hydrogens is 201 g/mol. The molecule has 0 saturated heterocycles. The number of fused-ring (bicyclic) bond motifs is 1. The number of ether oxygens (including phenoxy) is 1. The first-order valence-corrected chi connectivity index (χ1v) is 5.90. The quantitative estimate of drug-likeness (QED) is 0.792. The fraction of sp³-hybridized carbons (Fsp3) is 0.500. The van der Waals surface area contributed by atoms with Crippen LogP contribution < -0.4 is 14.6 Å². The van der Waals surface area contributed by atoms with Gasteiger partial charge in [0.2, 0.25) is 0 Å². The number of benzene rings is 1. The van der Waals surface area contributed by atoms with Gasteiger partial charge in [0.1, 0.15) is 11.5 Å². The Labute approximate surface area is 97.3 Å². The van der Waals surface area contributed by atoms with E-state index in [0.29, 0.717) is 6.04 Å². The fourth-order valence-electron chi connectivity index (χ4n) is 1.95. The summed E-state index contributed by atoms with van der Waals surface area (Å²) in [6.45, 7) is 7.02. The number of rotatable bonds is 3. The van der Waals surface area contributed by atoms with Gasteiger partial charge >= 0.3 is 7.05 Å². The molecule has 0 amide bonds. The molecule has 0 aromatic heterocycles. The van der Waals surface area contributed by atoms with Crippen molar-refractivity contribution in [1.29, 1.82) is 0 Å². The molecule has 3 nitrogen and oxygen atoms in total. The third kappa shape index (κ3) is 2.32. The van der Waals surface area contributed by atoms with Crippen molar-refractivity contribution < 1.29 is 9.39 Å². The Balaban J connectivity index is 2.20. The maximum absolute atomic E-state index is 5.69. The zero-order valence-electron chi connectivity index (χ0n) is 10.1. The molecule has 0 saturated carbocycles. The zero-order chi connectivity index (χ0) is 11.5. The summed E-state index contributed by atoms with van der Waals surface area (Å²) in [6.07, 6.45) is 1.03. The van der Waals surface area contributed by atoms with Crippen LogP contribution in [0.4, 0.5) is 0 Å². The van der Waals surface area contributed by atoms with E-state index < -0.39 is 0 Å². The lowest BCUT2D eigenvalue weighted by molar-refractivity contribution is 0.316. The van der Waals surface area contributed by atoms with Gasteiger partial charge in [-0.25, -0.2) is 0 Å². The topological polar surface area (TPSA) is 30.5 Å². The third-order valence-electron chi connectivity index (χ3n) is 2.71. The van der Waals surface area contributed by atoms with Gasteiger partial charge in [0.05, 0.1) is 6.61 Å². The molecule has 2 rings (SSSR count). The maximum atomic E-state index is 5.69. The van der Waals surface area contributed by atoms with E-state index in [9.17, 15) is 0 Å². The monoisotopic (exact) mass is 219 g/mol. The van der Waals surface area contributed by atoms with Gasteiger partial charge in [0.25, 0.3) is 0 Å². The molecule has 1 aliphatic rings. The lowest BCUT2D eigenvalue weighted by Gasteiger charge is -2.28. The molecule has 16 heavy (non-hydrogen) atoms. The van der Waals surface area contributed by atoms with Crippen LogP contribution in [0.15, 0.2) is 18.2 Å². The Bertz CT molecular complexity index is 370. The van der Waals surface area contributed by atoms with Crippen LogP contribution in [-0.2, 0) is 0 Å². The molecule has 1 aromatic carbocycles. The Morgan fingerprint density at radius 2 is 2.31 bits per heavy atom. The molecule has 1 aliphatic heterocycles. The average Bonchev–Trinajstić information content (AvgIpc) is 2.26. The average molecular weight is 219 g/mol. The van der Waals surface area contributed by atoms with Crippen molar-refractivity contribution in [2.24, 2.45) is 0 Å². The van der Waals surface area contributed by atoms with Crippen molar-refractivity contribution in [2.45, 2.75) is 33.1 Å². The van der Waals surface area contributed by atoms with Crippen molar-refractivity contribution in [3.05, 3.63) is 23.8 Å². The highest BCUT2D eigenvalue weighted by atomic mass is 16.5. The van der Waals surface area contributed by atoms with Gasteiger partial charge in [0, 0.05) is 11.6 Å². The molecule has 0 aliphatic carbocycles. The van der Waals surface area contributed by atoms with E-state index in [1.54, 1.807) is 0 Å². The summed E-state index contributed by atoms with van der Waals surface area (Å²) < 4.78 is 11.3. The van der Waals surface area contributed by atoms with E-state index in [4.69, 9.17) is 9.39 Å². The van der Waals surface area contributed by atoms with Crippen LogP contribution in [0.25, 0.3) is 0 Å². The second-order valence-corrected chi connectivity index (χ2v) is 4.20. The van der Waals surface area contributed by atoms with E-state index in [1.807, 2.05) is 19.0 Å². The number of hydrogen-bond acceptors (Lipinski definition) is 3. The third-order valence-corrected chi connectivity index (χ3v) is 2.71. The summed E-state index contributed by atoms with van der Waals surface area (Å²) in [7, 11) is 0.0740. The molecule has 0 fully saturated rings. The molecule has 1 unspecified atom stereocenters. The summed E-state index contributed by atoms with van der Waals surface area (Å²) in [6, 6.07) is 6.34. The molecule has 1 N–H and O–H groups in total. The van der Waals surface area contributed by atoms with Crippen molar-refractivity contribution in [1.82, 2.24) is 5.23 Å². The van der Waals surface area contributed by atoms with Crippen molar-refractivity contribution >= 4 is 7.05 Å². The molecular formula is C12H18BNO2. The van der Waals surface area contributed by atoms with Gasteiger partial charge in [-0.2, -0.15) is 0 Å². The van der Waals surface area contributed by atoms with E-state index >= 15 is 0 Å². The number of nitrogens with one attached hydrogen (secondary N) is 1. The molecule has 1 aromatic rings. The maximum Gasteiger partial charge on any atom is 0.443 e. The smallest absolute Gasteiger partial charge is 0.443 e. The standard InChI is InChI=1S/C12H18BNO2/c1-4-7-15-10-5-6-12-11(8-10)9(2)14-13(3)16-12/h5-6,8-9,14H,4,7H2,1-3H3. The van der Waals surface area contributed by atoms with E-state index in [1.165, 1.54) is 5.56 Å². The molecule has 4 heteroatoms. The van der Waals surface area contributed by atoms with Gasteiger partial charge in [0.15, 0.2) is 0 Å².